The van der Waals surface area contributed by atoms with Crippen molar-refractivity contribution in [3.05, 3.63) is 34.2 Å². The van der Waals surface area contributed by atoms with Crippen LogP contribution in [0.3, 0.4) is 0 Å². The van der Waals surface area contributed by atoms with E-state index in [1.165, 1.54) is 30.2 Å². The highest BCUT2D eigenvalue weighted by molar-refractivity contribution is 5.92. The maximum Gasteiger partial charge on any atom is 0.270 e. The van der Waals surface area contributed by atoms with E-state index in [0.717, 1.165) is 0 Å². The Morgan fingerprint density at radius 2 is 2.25 bits per heavy atom. The minimum Gasteiger partial charge on any atom is -0.409 e. The number of amidine groups is 1. The summed E-state index contributed by atoms with van der Waals surface area (Å²) in [5.41, 5.74) is 5.23. The van der Waals surface area contributed by atoms with Crippen LogP contribution < -0.4 is 11.3 Å². The summed E-state index contributed by atoms with van der Waals surface area (Å²) in [6.07, 6.45) is 0.225. The molecule has 0 aliphatic rings. The van der Waals surface area contributed by atoms with Crippen molar-refractivity contribution in [2.45, 2.75) is 6.42 Å². The van der Waals surface area contributed by atoms with E-state index in [1.54, 1.807) is 0 Å². The molecule has 0 aliphatic heterocycles. The Balaban J connectivity index is 2.80. The molecule has 1 heterocycles. The highest BCUT2D eigenvalue weighted by atomic mass is 16.5. The van der Waals surface area contributed by atoms with Crippen LogP contribution in [-0.4, -0.2) is 53.6 Å². The van der Waals surface area contributed by atoms with Crippen LogP contribution in [0.15, 0.2) is 28.1 Å². The fraction of sp³-hybridized carbons (Fsp3) is 0.417. The van der Waals surface area contributed by atoms with Crippen LogP contribution in [0.25, 0.3) is 0 Å². The summed E-state index contributed by atoms with van der Waals surface area (Å²) in [4.78, 5) is 27.4. The molecule has 20 heavy (non-hydrogen) atoms. The largest absolute Gasteiger partial charge is 0.409 e. The summed E-state index contributed by atoms with van der Waals surface area (Å²) in [6, 6.07) is 4.35. The second-order valence-electron chi connectivity index (χ2n) is 4.06. The van der Waals surface area contributed by atoms with Gasteiger partial charge in [0.1, 0.15) is 11.5 Å². The lowest BCUT2D eigenvalue weighted by Gasteiger charge is -2.21. The van der Waals surface area contributed by atoms with E-state index in [1.807, 2.05) is 0 Å². The number of pyridine rings is 1. The van der Waals surface area contributed by atoms with E-state index < -0.39 is 0 Å². The second-order valence-corrected chi connectivity index (χ2v) is 4.06. The fourth-order valence-corrected chi connectivity index (χ4v) is 1.56. The van der Waals surface area contributed by atoms with Gasteiger partial charge in [-0.1, -0.05) is 11.2 Å². The smallest absolute Gasteiger partial charge is 0.270 e. The van der Waals surface area contributed by atoms with Crippen molar-refractivity contribution in [1.29, 1.82) is 0 Å². The predicted molar refractivity (Wildman–Crippen MR) is 72.9 cm³/mol. The first-order valence-corrected chi connectivity index (χ1v) is 6.02. The Morgan fingerprint density at radius 3 is 2.85 bits per heavy atom. The molecular formula is C12H18N4O4. The number of rotatable bonds is 7. The Bertz CT molecular complexity index is 526. The van der Waals surface area contributed by atoms with E-state index in [2.05, 4.69) is 10.1 Å². The topological polar surface area (TPSA) is 121 Å². The van der Waals surface area contributed by atoms with Gasteiger partial charge in [0.05, 0.1) is 6.61 Å². The number of H-pyrrole nitrogens is 1. The SMILES string of the molecule is COCCN(CC/C(N)=N/O)C(=O)c1cccc(=O)[nH]1. The number of methoxy groups -OCH3 is 1. The molecule has 8 nitrogen and oxygen atoms in total. The molecule has 0 atom stereocenters. The Kier molecular flexibility index (Phi) is 6.24. The Hall–Kier alpha value is -2.35. The maximum absolute atomic E-state index is 12.3. The van der Waals surface area contributed by atoms with Crippen molar-refractivity contribution in [3.8, 4) is 0 Å². The van der Waals surface area contributed by atoms with Gasteiger partial charge in [-0.2, -0.15) is 0 Å². The quantitative estimate of drug-likeness (QED) is 0.272. The van der Waals surface area contributed by atoms with E-state index in [-0.39, 0.29) is 36.0 Å². The molecule has 0 fully saturated rings. The van der Waals surface area contributed by atoms with Crippen LogP contribution in [0.4, 0.5) is 0 Å². The fourth-order valence-electron chi connectivity index (χ4n) is 1.56. The molecule has 1 amide bonds. The molecule has 4 N–H and O–H groups in total. The van der Waals surface area contributed by atoms with Crippen LogP contribution in [0.5, 0.6) is 0 Å². The van der Waals surface area contributed by atoms with E-state index in [4.69, 9.17) is 15.7 Å². The number of aromatic amines is 1. The molecule has 0 unspecified atom stereocenters. The molecule has 0 aliphatic carbocycles. The van der Waals surface area contributed by atoms with Crippen molar-refractivity contribution in [1.82, 2.24) is 9.88 Å². The average Bonchev–Trinajstić information content (AvgIpc) is 2.46. The maximum atomic E-state index is 12.3. The molecule has 110 valence electrons. The lowest BCUT2D eigenvalue weighted by atomic mass is 10.3. The Morgan fingerprint density at radius 1 is 1.50 bits per heavy atom. The molecule has 0 bridgehead atoms. The van der Waals surface area contributed by atoms with Crippen LogP contribution in [-0.2, 0) is 4.74 Å². The highest BCUT2D eigenvalue weighted by Gasteiger charge is 2.16. The van der Waals surface area contributed by atoms with E-state index in [9.17, 15) is 9.59 Å². The zero-order valence-electron chi connectivity index (χ0n) is 11.2. The summed E-state index contributed by atoms with van der Waals surface area (Å²) < 4.78 is 4.94. The average molecular weight is 282 g/mol. The third kappa shape index (κ3) is 4.73. The van der Waals surface area contributed by atoms with Crippen molar-refractivity contribution in [2.24, 2.45) is 10.9 Å². The minimum atomic E-state index is -0.348. The van der Waals surface area contributed by atoms with Crippen LogP contribution >= 0.6 is 0 Å². The third-order valence-corrected chi connectivity index (χ3v) is 2.62. The van der Waals surface area contributed by atoms with Gasteiger partial charge >= 0.3 is 0 Å². The first kappa shape index (κ1) is 15.7. The zero-order chi connectivity index (χ0) is 15.0. The zero-order valence-corrected chi connectivity index (χ0v) is 11.2. The molecule has 0 radical (unpaired) electrons. The van der Waals surface area contributed by atoms with E-state index >= 15 is 0 Å². The van der Waals surface area contributed by atoms with Crippen molar-refractivity contribution in [2.75, 3.05) is 26.8 Å². The summed E-state index contributed by atoms with van der Waals surface area (Å²) in [6.45, 7) is 0.943. The monoisotopic (exact) mass is 282 g/mol. The number of carbonyl (C=O) groups excluding carboxylic acids is 1. The summed E-state index contributed by atoms with van der Waals surface area (Å²) in [5, 5.41) is 11.4. The van der Waals surface area contributed by atoms with Gasteiger partial charge in [-0.3, -0.25) is 9.59 Å². The van der Waals surface area contributed by atoms with Gasteiger partial charge in [-0.15, -0.1) is 0 Å². The lowest BCUT2D eigenvalue weighted by molar-refractivity contribution is 0.0694. The number of nitrogens with two attached hydrogens (primary N) is 1. The number of carbonyl (C=O) groups is 1. The molecule has 0 saturated heterocycles. The van der Waals surface area contributed by atoms with Crippen molar-refractivity contribution in [3.63, 3.8) is 0 Å². The van der Waals surface area contributed by atoms with Gasteiger partial charge in [0.25, 0.3) is 5.91 Å². The predicted octanol–water partition coefficient (Wildman–Crippen LogP) is -0.400. The Labute approximate surface area is 115 Å². The molecule has 1 aromatic heterocycles. The van der Waals surface area contributed by atoms with Gasteiger partial charge in [-0.25, -0.2) is 0 Å². The number of ether oxygens (including phenoxy) is 1. The lowest BCUT2D eigenvalue weighted by Crippen LogP contribution is -2.37. The molecule has 0 saturated carbocycles. The molecule has 0 spiro atoms. The van der Waals surface area contributed by atoms with Crippen molar-refractivity contribution < 1.29 is 14.7 Å². The molecular weight excluding hydrogens is 264 g/mol. The first-order valence-electron chi connectivity index (χ1n) is 6.02. The number of hydrogen-bond acceptors (Lipinski definition) is 5. The van der Waals surface area contributed by atoms with Gasteiger partial charge in [0, 0.05) is 32.7 Å². The molecule has 0 aromatic carbocycles. The number of aromatic nitrogens is 1. The standard InChI is InChI=1S/C12H18N4O4/c1-20-8-7-16(6-5-10(13)15-19)12(18)9-3-2-4-11(17)14-9/h2-4,19H,5-8H2,1H3,(H2,13,15)(H,14,17). The number of oxime groups is 1. The van der Waals surface area contributed by atoms with Crippen LogP contribution in [0, 0.1) is 0 Å². The van der Waals surface area contributed by atoms with Crippen LogP contribution in [0.2, 0.25) is 0 Å². The first-order chi connectivity index (χ1) is 9.58. The van der Waals surface area contributed by atoms with Gasteiger partial charge < -0.3 is 25.6 Å². The van der Waals surface area contributed by atoms with Crippen molar-refractivity contribution >= 4 is 11.7 Å². The van der Waals surface area contributed by atoms with Gasteiger partial charge in [0.2, 0.25) is 5.56 Å². The minimum absolute atomic E-state index is 0.0294. The number of hydrogen-bond donors (Lipinski definition) is 3. The number of amides is 1. The van der Waals surface area contributed by atoms with Gasteiger partial charge in [0.15, 0.2) is 0 Å². The van der Waals surface area contributed by atoms with E-state index in [0.29, 0.717) is 13.2 Å². The summed E-state index contributed by atoms with van der Waals surface area (Å²) in [7, 11) is 1.52. The summed E-state index contributed by atoms with van der Waals surface area (Å²) in [5.74, 6) is -0.313. The number of nitrogens with zero attached hydrogens (tertiary/aromatic N) is 2. The highest BCUT2D eigenvalue weighted by Crippen LogP contribution is 2.01. The van der Waals surface area contributed by atoms with Gasteiger partial charge in [-0.05, 0) is 6.07 Å². The third-order valence-electron chi connectivity index (χ3n) is 2.62. The normalized spacial score (nSPS) is 11.3. The summed E-state index contributed by atoms with van der Waals surface area (Å²) >= 11 is 0. The second kappa shape index (κ2) is 7.95. The molecule has 8 heteroatoms. The molecule has 1 aromatic rings. The van der Waals surface area contributed by atoms with Crippen LogP contribution in [0.1, 0.15) is 16.9 Å². The number of nitrogens with one attached hydrogen (secondary N) is 1. The molecule has 1 rings (SSSR count).